The van der Waals surface area contributed by atoms with Gasteiger partial charge in [-0.25, -0.2) is 8.42 Å². The van der Waals surface area contributed by atoms with Gasteiger partial charge in [0, 0.05) is 44.7 Å². The Balaban J connectivity index is 1.56. The molecule has 27 heavy (non-hydrogen) atoms. The molecular weight excluding hydrogens is 360 g/mol. The quantitative estimate of drug-likeness (QED) is 0.717. The van der Waals surface area contributed by atoms with Gasteiger partial charge in [0.2, 0.25) is 10.0 Å². The summed E-state index contributed by atoms with van der Waals surface area (Å²) in [5.74, 6) is 0.126. The van der Waals surface area contributed by atoms with Gasteiger partial charge in [-0.1, -0.05) is 48.0 Å². The molecule has 5 nitrogen and oxygen atoms in total. The van der Waals surface area contributed by atoms with Crippen molar-refractivity contribution in [1.29, 1.82) is 0 Å². The van der Waals surface area contributed by atoms with E-state index < -0.39 is 10.0 Å². The number of aryl methyl sites for hydroxylation is 2. The molecule has 0 spiro atoms. The van der Waals surface area contributed by atoms with Gasteiger partial charge in [0.15, 0.2) is 5.78 Å². The van der Waals surface area contributed by atoms with Gasteiger partial charge in [0.25, 0.3) is 0 Å². The third kappa shape index (κ3) is 4.64. The number of hydrogen-bond acceptors (Lipinski definition) is 4. The Labute approximate surface area is 161 Å². The average molecular weight is 387 g/mol. The minimum atomic E-state index is -3.47. The van der Waals surface area contributed by atoms with E-state index >= 15 is 0 Å². The molecule has 2 aromatic carbocycles. The lowest BCUT2D eigenvalue weighted by molar-refractivity contribution is 0.0952. The van der Waals surface area contributed by atoms with Crippen LogP contribution in [-0.4, -0.2) is 56.1 Å². The summed E-state index contributed by atoms with van der Waals surface area (Å²) in [5.41, 5.74) is 2.57. The molecule has 0 aromatic heterocycles. The first kappa shape index (κ1) is 19.7. The zero-order valence-electron chi connectivity index (χ0n) is 15.9. The molecule has 0 unspecified atom stereocenters. The average Bonchev–Trinajstić information content (AvgIpc) is 2.67. The van der Waals surface area contributed by atoms with Gasteiger partial charge in [-0.3, -0.25) is 4.79 Å². The smallest absolute Gasteiger partial charge is 0.243 e. The Hall–Kier alpha value is -2.02. The van der Waals surface area contributed by atoms with Crippen molar-refractivity contribution in [3.8, 4) is 0 Å². The molecule has 2 aromatic rings. The van der Waals surface area contributed by atoms with Crippen LogP contribution < -0.4 is 0 Å². The van der Waals surface area contributed by atoms with Crippen molar-refractivity contribution >= 4 is 15.8 Å². The van der Waals surface area contributed by atoms with Crippen molar-refractivity contribution in [1.82, 2.24) is 9.21 Å². The first-order valence-corrected chi connectivity index (χ1v) is 10.7. The minimum Gasteiger partial charge on any atom is -0.300 e. The predicted molar refractivity (Wildman–Crippen MR) is 107 cm³/mol. The largest absolute Gasteiger partial charge is 0.300 e. The van der Waals surface area contributed by atoms with Crippen LogP contribution in [0, 0.1) is 13.8 Å². The second-order valence-electron chi connectivity index (χ2n) is 7.05. The molecular formula is C21H26N2O3S. The second kappa shape index (κ2) is 8.33. The Morgan fingerprint density at radius 1 is 0.963 bits per heavy atom. The molecule has 1 aliphatic rings. The molecule has 0 bridgehead atoms. The highest BCUT2D eigenvalue weighted by Crippen LogP contribution is 2.22. The topological polar surface area (TPSA) is 57.7 Å². The van der Waals surface area contributed by atoms with Crippen LogP contribution >= 0.6 is 0 Å². The molecule has 0 radical (unpaired) electrons. The lowest BCUT2D eigenvalue weighted by Gasteiger charge is -2.34. The van der Waals surface area contributed by atoms with Crippen molar-refractivity contribution in [2.45, 2.75) is 25.2 Å². The number of carbonyl (C=O) groups is 1. The molecule has 1 saturated heterocycles. The summed E-state index contributed by atoms with van der Waals surface area (Å²) in [7, 11) is -3.47. The summed E-state index contributed by atoms with van der Waals surface area (Å²) >= 11 is 0. The fraction of sp³-hybridized carbons (Fsp3) is 0.381. The fourth-order valence-electron chi connectivity index (χ4n) is 3.45. The van der Waals surface area contributed by atoms with E-state index in [0.29, 0.717) is 44.0 Å². The third-order valence-corrected chi connectivity index (χ3v) is 7.09. The van der Waals surface area contributed by atoms with E-state index in [2.05, 4.69) is 4.90 Å². The summed E-state index contributed by atoms with van der Waals surface area (Å²) in [6.45, 7) is 6.65. The maximum absolute atomic E-state index is 12.9. The van der Waals surface area contributed by atoms with Crippen LogP contribution in [0.4, 0.5) is 0 Å². The number of carbonyl (C=O) groups excluding carboxylic acids is 1. The van der Waals surface area contributed by atoms with E-state index in [-0.39, 0.29) is 5.78 Å². The number of nitrogens with zero attached hydrogens (tertiary/aromatic N) is 2. The molecule has 1 fully saturated rings. The van der Waals surface area contributed by atoms with Crippen LogP contribution in [0.25, 0.3) is 0 Å². The number of rotatable bonds is 6. The molecule has 0 amide bonds. The molecule has 144 valence electrons. The molecule has 0 atom stereocenters. The van der Waals surface area contributed by atoms with Gasteiger partial charge >= 0.3 is 0 Å². The zero-order valence-corrected chi connectivity index (χ0v) is 16.7. The van der Waals surface area contributed by atoms with E-state index in [4.69, 9.17) is 0 Å². The maximum atomic E-state index is 12.9. The fourth-order valence-corrected chi connectivity index (χ4v) is 5.08. The van der Waals surface area contributed by atoms with Crippen LogP contribution in [0.5, 0.6) is 0 Å². The van der Waals surface area contributed by atoms with Crippen LogP contribution in [-0.2, 0) is 10.0 Å². The monoisotopic (exact) mass is 386 g/mol. The van der Waals surface area contributed by atoms with E-state index in [1.807, 2.05) is 56.3 Å². The highest BCUT2D eigenvalue weighted by molar-refractivity contribution is 7.89. The zero-order chi connectivity index (χ0) is 19.4. The SMILES string of the molecule is Cc1ccc(S(=O)(=O)N2CCN(CCC(=O)c3ccccc3)CC2)c(C)c1. The first-order chi connectivity index (χ1) is 12.9. The maximum Gasteiger partial charge on any atom is 0.243 e. The van der Waals surface area contributed by atoms with Crippen molar-refractivity contribution < 1.29 is 13.2 Å². The lowest BCUT2D eigenvalue weighted by atomic mass is 10.1. The van der Waals surface area contributed by atoms with Crippen LogP contribution in [0.3, 0.4) is 0 Å². The number of ketones is 1. The first-order valence-electron chi connectivity index (χ1n) is 9.26. The molecule has 0 saturated carbocycles. The molecule has 1 aliphatic heterocycles. The Bertz CT molecular complexity index is 902. The van der Waals surface area contributed by atoms with Gasteiger partial charge in [0.1, 0.15) is 0 Å². The van der Waals surface area contributed by atoms with Gasteiger partial charge < -0.3 is 4.90 Å². The predicted octanol–water partition coefficient (Wildman–Crippen LogP) is 2.88. The molecule has 0 aliphatic carbocycles. The van der Waals surface area contributed by atoms with Gasteiger partial charge in [-0.15, -0.1) is 0 Å². The summed E-state index contributed by atoms with van der Waals surface area (Å²) in [5, 5.41) is 0. The molecule has 3 rings (SSSR count). The minimum absolute atomic E-state index is 0.126. The highest BCUT2D eigenvalue weighted by atomic mass is 32.2. The highest BCUT2D eigenvalue weighted by Gasteiger charge is 2.29. The summed E-state index contributed by atoms with van der Waals surface area (Å²) in [6, 6.07) is 14.7. The second-order valence-corrected chi connectivity index (χ2v) is 8.96. The molecule has 0 N–H and O–H groups in total. The number of benzene rings is 2. The molecule has 6 heteroatoms. The number of piperazine rings is 1. The van der Waals surface area contributed by atoms with E-state index in [9.17, 15) is 13.2 Å². The lowest BCUT2D eigenvalue weighted by Crippen LogP contribution is -2.49. The van der Waals surface area contributed by atoms with E-state index in [0.717, 1.165) is 16.7 Å². The van der Waals surface area contributed by atoms with Crippen molar-refractivity contribution in [3.63, 3.8) is 0 Å². The van der Waals surface area contributed by atoms with Crippen LogP contribution in [0.2, 0.25) is 0 Å². The molecule has 1 heterocycles. The Morgan fingerprint density at radius 3 is 2.26 bits per heavy atom. The third-order valence-electron chi connectivity index (χ3n) is 5.03. The van der Waals surface area contributed by atoms with Gasteiger partial charge in [0.05, 0.1) is 4.90 Å². The summed E-state index contributed by atoms with van der Waals surface area (Å²) in [4.78, 5) is 14.8. The van der Waals surface area contributed by atoms with Crippen LogP contribution in [0.15, 0.2) is 53.4 Å². The Morgan fingerprint density at radius 2 is 1.63 bits per heavy atom. The van der Waals surface area contributed by atoms with Crippen LogP contribution in [0.1, 0.15) is 27.9 Å². The van der Waals surface area contributed by atoms with Crippen molar-refractivity contribution in [2.75, 3.05) is 32.7 Å². The number of Topliss-reactive ketones (excluding diaryl/α,β-unsaturated/α-hetero) is 1. The van der Waals surface area contributed by atoms with Gasteiger partial charge in [-0.05, 0) is 25.5 Å². The van der Waals surface area contributed by atoms with Crippen molar-refractivity contribution in [3.05, 3.63) is 65.2 Å². The Kier molecular flexibility index (Phi) is 6.09. The normalized spacial score (nSPS) is 16.4. The van der Waals surface area contributed by atoms with E-state index in [1.54, 1.807) is 10.4 Å². The number of sulfonamides is 1. The summed E-state index contributed by atoms with van der Waals surface area (Å²) in [6.07, 6.45) is 0.452. The van der Waals surface area contributed by atoms with Gasteiger partial charge in [-0.2, -0.15) is 4.31 Å². The standard InChI is InChI=1S/C21H26N2O3S/c1-17-8-9-21(18(2)16-17)27(25,26)23-14-12-22(13-15-23)11-10-20(24)19-6-4-3-5-7-19/h3-9,16H,10-15H2,1-2H3. The van der Waals surface area contributed by atoms with E-state index in [1.165, 1.54) is 0 Å². The summed E-state index contributed by atoms with van der Waals surface area (Å²) < 4.78 is 27.4. The van der Waals surface area contributed by atoms with Crippen molar-refractivity contribution in [2.24, 2.45) is 0 Å². The number of hydrogen-bond donors (Lipinski definition) is 0.